The van der Waals surface area contributed by atoms with Crippen molar-refractivity contribution in [3.63, 3.8) is 0 Å². The van der Waals surface area contributed by atoms with Crippen LogP contribution in [0, 0.1) is 0 Å². The smallest absolute Gasteiger partial charge is 0.306 e. The zero-order valence-electron chi connectivity index (χ0n) is 40.5. The highest BCUT2D eigenvalue weighted by Crippen LogP contribution is 2.29. The second-order valence-corrected chi connectivity index (χ2v) is 19.1. The molecule has 65 heavy (non-hydrogen) atoms. The fraction of sp³-hybridized carbons (Fsp3) is 0.878. The number of nitrogens with one attached hydrogen (secondary N) is 2. The van der Waals surface area contributed by atoms with Crippen molar-refractivity contribution in [2.75, 3.05) is 30.0 Å². The van der Waals surface area contributed by atoms with Gasteiger partial charge in [0.05, 0.1) is 12.8 Å². The first-order valence-corrected chi connectivity index (χ1v) is 26.9. The first kappa shape index (κ1) is 58.3. The molecular formula is C49H89N5O10S. The van der Waals surface area contributed by atoms with Crippen molar-refractivity contribution in [3.05, 3.63) is 6.20 Å². The quantitative estimate of drug-likeness (QED) is 0.0306. The minimum absolute atomic E-state index is 0.0260. The zero-order chi connectivity index (χ0) is 47.3. The largest absolute Gasteiger partial charge is 0.462 e. The van der Waals surface area contributed by atoms with Crippen molar-refractivity contribution in [1.29, 1.82) is 0 Å². The van der Waals surface area contributed by atoms with Crippen LogP contribution >= 0.6 is 11.8 Å². The maximum Gasteiger partial charge on any atom is 0.306 e. The van der Waals surface area contributed by atoms with Gasteiger partial charge in [-0.1, -0.05) is 180 Å². The minimum Gasteiger partial charge on any atom is -0.462 e. The lowest BCUT2D eigenvalue weighted by Crippen LogP contribution is -2.45. The first-order valence-electron chi connectivity index (χ1n) is 25.7. The number of nitrogens with zero attached hydrogens (tertiary/aromatic N) is 3. The summed E-state index contributed by atoms with van der Waals surface area (Å²) in [6, 6.07) is -1.00. The summed E-state index contributed by atoms with van der Waals surface area (Å²) in [5.41, 5.74) is 0. The van der Waals surface area contributed by atoms with Gasteiger partial charge in [-0.2, -0.15) is 11.8 Å². The number of carbonyl (C=O) groups is 4. The van der Waals surface area contributed by atoms with Crippen LogP contribution in [0.5, 0.6) is 0 Å². The van der Waals surface area contributed by atoms with Gasteiger partial charge in [0.2, 0.25) is 11.8 Å². The molecule has 1 aromatic rings. The Labute approximate surface area is 395 Å². The maximum absolute atomic E-state index is 13.7. The Hall–Kier alpha value is -2.79. The normalized spacial score (nSPS) is 18.1. The Morgan fingerprint density at radius 3 is 1.65 bits per heavy atom. The standard InChI is InChI=1S/C49H89N5O10S/c1-4-7-10-13-16-19-22-25-28-31-43(56)50-40(48(61)51-42-34-54(53-52-42)49-47(60)46(59)41(35-55)64-49)38-65-37-39(63-45(58)33-30-27-24-21-18-15-12-9-6-3)36-62-44(57)32-29-26-23-20-17-14-11-8-5-2/h34,39-41,46-47,49,55,59-60H,4-33,35-38H2,1-3H3,(H,50,56)(H,51,61)/t39?,40?,41?,46-,47-,49+/m1/s1. The van der Waals surface area contributed by atoms with Crippen molar-refractivity contribution in [2.24, 2.45) is 0 Å². The van der Waals surface area contributed by atoms with E-state index in [-0.39, 0.29) is 54.6 Å². The molecule has 2 rings (SSSR count). The molecule has 0 spiro atoms. The summed E-state index contributed by atoms with van der Waals surface area (Å²) in [6.07, 6.45) is 26.9. The number of aliphatic hydroxyl groups excluding tert-OH is 3. The van der Waals surface area contributed by atoms with E-state index in [1.807, 2.05) is 0 Å². The number of unbranched alkanes of at least 4 members (excludes halogenated alkanes) is 24. The molecule has 16 heteroatoms. The molecule has 1 aliphatic heterocycles. The SMILES string of the molecule is CCCCCCCCCCCC(=O)NC(CSCC(COC(=O)CCCCCCCCCCC)OC(=O)CCCCCCCCCCC)C(=O)Nc1cn([C@H]2OC(CO)[C@@H](O)[C@H]2O)nn1. The number of ether oxygens (including phenoxy) is 3. The molecule has 1 aliphatic rings. The third-order valence-electron chi connectivity index (χ3n) is 12.0. The number of hydrogen-bond donors (Lipinski definition) is 5. The van der Waals surface area contributed by atoms with Crippen LogP contribution in [0.1, 0.15) is 220 Å². The number of amides is 2. The number of carbonyl (C=O) groups excluding carboxylic acids is 4. The Balaban J connectivity index is 2.02. The lowest BCUT2D eigenvalue weighted by atomic mass is 10.1. The molecule has 0 aliphatic carbocycles. The summed E-state index contributed by atoms with van der Waals surface area (Å²) >= 11 is 1.30. The molecular weight excluding hydrogens is 851 g/mol. The van der Waals surface area contributed by atoms with Gasteiger partial charge in [0, 0.05) is 30.8 Å². The number of rotatable bonds is 42. The van der Waals surface area contributed by atoms with Gasteiger partial charge in [-0.05, 0) is 19.3 Å². The summed E-state index contributed by atoms with van der Waals surface area (Å²) < 4.78 is 18.2. The number of esters is 2. The van der Waals surface area contributed by atoms with E-state index in [0.29, 0.717) is 12.8 Å². The van der Waals surface area contributed by atoms with Gasteiger partial charge in [-0.3, -0.25) is 19.2 Å². The summed E-state index contributed by atoms with van der Waals surface area (Å²) in [5, 5.41) is 43.6. The highest BCUT2D eigenvalue weighted by molar-refractivity contribution is 7.99. The van der Waals surface area contributed by atoms with E-state index < -0.39 is 49.2 Å². The molecule has 0 saturated carbocycles. The molecule has 3 unspecified atom stereocenters. The fourth-order valence-corrected chi connectivity index (χ4v) is 8.95. The van der Waals surface area contributed by atoms with E-state index in [1.165, 1.54) is 121 Å². The van der Waals surface area contributed by atoms with E-state index in [1.54, 1.807) is 0 Å². The predicted octanol–water partition coefficient (Wildman–Crippen LogP) is 9.26. The minimum atomic E-state index is -1.39. The van der Waals surface area contributed by atoms with Gasteiger partial charge >= 0.3 is 11.9 Å². The summed E-state index contributed by atoms with van der Waals surface area (Å²) in [5.74, 6) is -1.13. The van der Waals surface area contributed by atoms with Crippen LogP contribution < -0.4 is 10.6 Å². The van der Waals surface area contributed by atoms with Crippen LogP contribution in [-0.4, -0.2) is 109 Å². The lowest BCUT2D eigenvalue weighted by Gasteiger charge is -2.21. The molecule has 5 N–H and O–H groups in total. The van der Waals surface area contributed by atoms with Gasteiger partial charge in [0.25, 0.3) is 0 Å². The lowest BCUT2D eigenvalue weighted by molar-refractivity contribution is -0.157. The van der Waals surface area contributed by atoms with E-state index in [0.717, 1.165) is 68.9 Å². The van der Waals surface area contributed by atoms with Gasteiger partial charge in [0.1, 0.15) is 37.1 Å². The molecule has 1 aromatic heterocycles. The van der Waals surface area contributed by atoms with Gasteiger partial charge < -0.3 is 40.2 Å². The monoisotopic (exact) mass is 940 g/mol. The fourth-order valence-electron chi connectivity index (χ4n) is 7.91. The molecule has 2 heterocycles. The number of hydrogen-bond acceptors (Lipinski definition) is 13. The van der Waals surface area contributed by atoms with Crippen molar-refractivity contribution in [3.8, 4) is 0 Å². The Bertz CT molecular complexity index is 1390. The van der Waals surface area contributed by atoms with E-state index >= 15 is 0 Å². The van der Waals surface area contributed by atoms with Crippen LogP contribution in [0.4, 0.5) is 5.82 Å². The average Bonchev–Trinajstić information content (AvgIpc) is 3.87. The Morgan fingerprint density at radius 1 is 0.677 bits per heavy atom. The topological polar surface area (TPSA) is 211 Å². The van der Waals surface area contributed by atoms with Gasteiger partial charge in [0.15, 0.2) is 12.0 Å². The molecule has 0 bridgehead atoms. The van der Waals surface area contributed by atoms with Crippen molar-refractivity contribution in [2.45, 2.75) is 250 Å². The molecule has 6 atom stereocenters. The molecule has 0 aromatic carbocycles. The van der Waals surface area contributed by atoms with E-state index in [9.17, 15) is 34.5 Å². The summed E-state index contributed by atoms with van der Waals surface area (Å²) in [4.78, 5) is 52.8. The second-order valence-electron chi connectivity index (χ2n) is 18.0. The Kier molecular flexibility index (Phi) is 34.3. The van der Waals surface area contributed by atoms with Crippen LogP contribution in [-0.2, 0) is 33.4 Å². The number of thioether (sulfide) groups is 1. The summed E-state index contributed by atoms with van der Waals surface area (Å²) in [7, 11) is 0. The van der Waals surface area contributed by atoms with Gasteiger partial charge in [-0.15, -0.1) is 5.10 Å². The maximum atomic E-state index is 13.7. The van der Waals surface area contributed by atoms with Gasteiger partial charge in [-0.25, -0.2) is 4.68 Å². The number of aromatic nitrogens is 3. The van der Waals surface area contributed by atoms with Crippen molar-refractivity contribution >= 4 is 41.3 Å². The van der Waals surface area contributed by atoms with E-state index in [4.69, 9.17) is 14.2 Å². The third-order valence-corrected chi connectivity index (χ3v) is 13.2. The zero-order valence-corrected chi connectivity index (χ0v) is 41.3. The predicted molar refractivity (Wildman–Crippen MR) is 257 cm³/mol. The molecule has 1 fully saturated rings. The van der Waals surface area contributed by atoms with Crippen LogP contribution in [0.25, 0.3) is 0 Å². The first-order chi connectivity index (χ1) is 31.6. The third kappa shape index (κ3) is 27.6. The van der Waals surface area contributed by atoms with Crippen LogP contribution in [0.3, 0.4) is 0 Å². The second kappa shape index (κ2) is 38.2. The van der Waals surface area contributed by atoms with Crippen LogP contribution in [0.15, 0.2) is 6.20 Å². The van der Waals surface area contributed by atoms with Crippen LogP contribution in [0.2, 0.25) is 0 Å². The highest BCUT2D eigenvalue weighted by atomic mass is 32.2. The Morgan fingerprint density at radius 2 is 1.15 bits per heavy atom. The van der Waals surface area contributed by atoms with Crippen molar-refractivity contribution < 1.29 is 48.7 Å². The van der Waals surface area contributed by atoms with Crippen molar-refractivity contribution in [1.82, 2.24) is 20.3 Å². The molecule has 1 saturated heterocycles. The molecule has 2 amide bonds. The molecule has 376 valence electrons. The number of aliphatic hydroxyl groups is 3. The molecule has 15 nitrogen and oxygen atoms in total. The number of anilines is 1. The van der Waals surface area contributed by atoms with E-state index in [2.05, 4.69) is 41.7 Å². The average molecular weight is 940 g/mol. The molecule has 0 radical (unpaired) electrons. The highest BCUT2D eigenvalue weighted by Gasteiger charge is 2.44. The summed E-state index contributed by atoms with van der Waals surface area (Å²) in [6.45, 7) is 6.02.